The maximum Gasteiger partial charge on any atom is 0.276 e. The topological polar surface area (TPSA) is 299 Å². The molecule has 6 rings (SSSR count). The third-order valence-corrected chi connectivity index (χ3v) is 9.26. The van der Waals surface area contributed by atoms with Crippen molar-refractivity contribution >= 4 is 63.9 Å². The summed E-state index contributed by atoms with van der Waals surface area (Å²) < 4.78 is 18.6. The maximum absolute atomic E-state index is 13.5. The fourth-order valence-electron chi connectivity index (χ4n) is 6.50. The molecule has 0 spiro atoms. The predicted molar refractivity (Wildman–Crippen MR) is 236 cm³/mol. The van der Waals surface area contributed by atoms with Gasteiger partial charge in [-0.2, -0.15) is 10.2 Å². The number of rotatable bonds is 18. The van der Waals surface area contributed by atoms with Crippen molar-refractivity contribution in [2.24, 2.45) is 27.9 Å². The van der Waals surface area contributed by atoms with Gasteiger partial charge in [0.2, 0.25) is 23.7 Å². The van der Waals surface area contributed by atoms with Crippen LogP contribution in [0.4, 0.5) is 11.9 Å². The van der Waals surface area contributed by atoms with Crippen LogP contribution in [0.5, 0.6) is 11.5 Å². The number of aliphatic imine (C=N–C) groups is 1. The highest BCUT2D eigenvalue weighted by atomic mass is 16.5. The van der Waals surface area contributed by atoms with Gasteiger partial charge >= 0.3 is 0 Å². The number of imidazole rings is 2. The molecule has 10 N–H and O–H groups in total. The van der Waals surface area contributed by atoms with Crippen LogP contribution in [0.25, 0.3) is 22.1 Å². The lowest BCUT2D eigenvalue weighted by Crippen LogP contribution is -2.22. The number of guanidine groups is 1. The number of nitrogens with zero attached hydrogens (tertiary/aromatic N) is 9. The Hall–Kier alpha value is -7.97. The molecule has 21 heteroatoms. The molecular weight excluding hydrogens is 799 g/mol. The van der Waals surface area contributed by atoms with E-state index in [1.165, 1.54) is 13.2 Å². The second-order valence-electron chi connectivity index (χ2n) is 13.6. The summed E-state index contributed by atoms with van der Waals surface area (Å²) in [5, 5.41) is 14.5. The number of hydrogen-bond acceptors (Lipinski definition) is 12. The van der Waals surface area contributed by atoms with Crippen LogP contribution in [0.2, 0.25) is 0 Å². The van der Waals surface area contributed by atoms with E-state index in [2.05, 4.69) is 35.8 Å². The van der Waals surface area contributed by atoms with E-state index < -0.39 is 17.7 Å². The molecular formula is C41H51N15O6. The van der Waals surface area contributed by atoms with Crippen LogP contribution in [-0.2, 0) is 26.2 Å². The number of ether oxygens (including phenoxy) is 2. The SMILES string of the molecule is CCn1nc(C)cc1C(=O)Nc1nc2cc(C(N)=O)cc(OC)c2n1C/C=C/Cn1c(NC)nc2cc(C(N)=O)cc(OC/C=C/CN=C(N)N)c21.CCn1nc(C)cc1C=O. The molecule has 3 amide bonds. The monoisotopic (exact) mass is 849 g/mol. The number of nitrogens with two attached hydrogens (primary N) is 4. The Labute approximate surface area is 356 Å². The lowest BCUT2D eigenvalue weighted by Gasteiger charge is -2.12. The summed E-state index contributed by atoms with van der Waals surface area (Å²) in [7, 11) is 3.20. The van der Waals surface area contributed by atoms with E-state index in [4.69, 9.17) is 32.4 Å². The summed E-state index contributed by atoms with van der Waals surface area (Å²) in [6, 6.07) is 9.72. The van der Waals surface area contributed by atoms with Crippen molar-refractivity contribution in [1.82, 2.24) is 38.7 Å². The molecule has 0 aliphatic carbocycles. The number of aryl methyl sites for hydroxylation is 4. The highest BCUT2D eigenvalue weighted by Gasteiger charge is 2.22. The third-order valence-electron chi connectivity index (χ3n) is 9.26. The molecule has 4 aromatic heterocycles. The van der Waals surface area contributed by atoms with Gasteiger partial charge < -0.3 is 46.9 Å². The number of benzene rings is 2. The number of primary amides is 2. The van der Waals surface area contributed by atoms with Crippen molar-refractivity contribution in [1.29, 1.82) is 0 Å². The molecule has 0 aliphatic rings. The fraction of sp³-hybridized carbons (Fsp3) is 0.293. The summed E-state index contributed by atoms with van der Waals surface area (Å²) in [4.78, 5) is 61.3. The number of hydrogen-bond donors (Lipinski definition) is 6. The number of nitrogens with one attached hydrogen (secondary N) is 2. The molecule has 0 aliphatic heterocycles. The Balaban J connectivity index is 0.000000637. The molecule has 326 valence electrons. The molecule has 0 unspecified atom stereocenters. The van der Waals surface area contributed by atoms with Gasteiger partial charge in [-0.3, -0.25) is 33.9 Å². The Morgan fingerprint density at radius 1 is 0.758 bits per heavy atom. The number of fused-ring (bicyclic) bond motifs is 2. The summed E-state index contributed by atoms with van der Waals surface area (Å²) >= 11 is 0. The van der Waals surface area contributed by atoms with Gasteiger partial charge in [0.05, 0.1) is 36.1 Å². The van der Waals surface area contributed by atoms with Gasteiger partial charge in [0.15, 0.2) is 12.2 Å². The first-order valence-corrected chi connectivity index (χ1v) is 19.5. The van der Waals surface area contributed by atoms with Crippen molar-refractivity contribution in [3.8, 4) is 11.5 Å². The molecule has 0 saturated heterocycles. The molecule has 62 heavy (non-hydrogen) atoms. The molecule has 0 radical (unpaired) electrons. The van der Waals surface area contributed by atoms with Gasteiger partial charge in [-0.25, -0.2) is 15.0 Å². The van der Waals surface area contributed by atoms with Crippen LogP contribution in [0.15, 0.2) is 65.7 Å². The van der Waals surface area contributed by atoms with Crippen LogP contribution in [-0.4, -0.2) is 95.9 Å². The molecule has 0 saturated carbocycles. The summed E-state index contributed by atoms with van der Waals surface area (Å²) in [5.74, 6) is -0.234. The lowest BCUT2D eigenvalue weighted by atomic mass is 10.1. The Bertz CT molecular complexity index is 2700. The number of methoxy groups -OCH3 is 1. The number of carbonyl (C=O) groups excluding carboxylic acids is 4. The Kier molecular flexibility index (Phi) is 14.8. The highest BCUT2D eigenvalue weighted by Crippen LogP contribution is 2.32. The standard InChI is InChI=1S/C34H41N13O5.C7H10N2O/c1-5-47-24(14-19(2)44-47)31(50)43-34-42-22-15-20(29(35)48)17-25(51-4)27(22)46(34)12-8-7-11-45-28-23(41-33(45)39-3)16-21(30(36)49)18-26(28)52-13-9-6-10-40-32(37)38;1-3-9-7(5-10)4-6(2)8-9/h6-9,14-18H,5,10-13H2,1-4H3,(H2,35,48)(H2,36,49)(H,39,41)(H4,37,38,40)(H,42,43,50);4-5H,3H2,1-2H3/b8-7+,9-6+;. The van der Waals surface area contributed by atoms with Crippen molar-refractivity contribution in [2.45, 2.75) is 53.9 Å². The molecule has 21 nitrogen and oxygen atoms in total. The number of aldehydes is 1. The van der Waals surface area contributed by atoms with Crippen LogP contribution in [0.3, 0.4) is 0 Å². The Morgan fingerprint density at radius 2 is 1.32 bits per heavy atom. The largest absolute Gasteiger partial charge is 0.494 e. The van der Waals surface area contributed by atoms with E-state index in [0.29, 0.717) is 69.7 Å². The van der Waals surface area contributed by atoms with Gasteiger partial charge in [-0.05, 0) is 70.2 Å². The van der Waals surface area contributed by atoms with Crippen molar-refractivity contribution < 1.29 is 28.7 Å². The number of carbonyl (C=O) groups is 4. The molecule has 6 aromatic rings. The minimum Gasteiger partial charge on any atom is -0.494 e. The van der Waals surface area contributed by atoms with Crippen molar-refractivity contribution in [3.63, 3.8) is 0 Å². The van der Waals surface area contributed by atoms with E-state index in [1.807, 2.05) is 44.4 Å². The molecule has 0 atom stereocenters. The third kappa shape index (κ3) is 10.4. The van der Waals surface area contributed by atoms with Gasteiger partial charge in [0, 0.05) is 44.4 Å². The van der Waals surface area contributed by atoms with E-state index in [-0.39, 0.29) is 42.7 Å². The van der Waals surface area contributed by atoms with Crippen molar-refractivity contribution in [2.75, 3.05) is 37.9 Å². The van der Waals surface area contributed by atoms with Crippen LogP contribution in [0, 0.1) is 13.8 Å². The van der Waals surface area contributed by atoms with Gasteiger partial charge in [-0.15, -0.1) is 0 Å². The predicted octanol–water partition coefficient (Wildman–Crippen LogP) is 2.90. The minimum atomic E-state index is -0.649. The van der Waals surface area contributed by atoms with Crippen LogP contribution < -0.4 is 43.0 Å². The number of amides is 3. The van der Waals surface area contributed by atoms with Gasteiger partial charge in [0.1, 0.15) is 40.5 Å². The number of anilines is 2. The van der Waals surface area contributed by atoms with Gasteiger partial charge in [0.25, 0.3) is 5.91 Å². The first-order valence-electron chi connectivity index (χ1n) is 19.5. The summed E-state index contributed by atoms with van der Waals surface area (Å²) in [5.41, 5.74) is 27.1. The average molecular weight is 850 g/mol. The van der Waals surface area contributed by atoms with E-state index >= 15 is 0 Å². The number of allylic oxidation sites excluding steroid dienone is 2. The van der Waals surface area contributed by atoms with Gasteiger partial charge in [-0.1, -0.05) is 18.2 Å². The van der Waals surface area contributed by atoms with Crippen molar-refractivity contribution in [3.05, 3.63) is 94.6 Å². The second-order valence-corrected chi connectivity index (χ2v) is 13.6. The minimum absolute atomic E-state index is 0.0215. The van der Waals surface area contributed by atoms with Crippen LogP contribution in [0.1, 0.15) is 66.9 Å². The second kappa shape index (κ2) is 20.3. The normalized spacial score (nSPS) is 11.2. The number of aromatic nitrogens is 8. The fourth-order valence-corrected chi connectivity index (χ4v) is 6.50. The van der Waals surface area contributed by atoms with E-state index in [9.17, 15) is 19.2 Å². The zero-order valence-corrected chi connectivity index (χ0v) is 35.4. The molecule has 4 heterocycles. The van der Waals surface area contributed by atoms with E-state index in [0.717, 1.165) is 18.5 Å². The maximum atomic E-state index is 13.5. The first kappa shape index (κ1) is 45.1. The smallest absolute Gasteiger partial charge is 0.276 e. The zero-order valence-electron chi connectivity index (χ0n) is 35.4. The van der Waals surface area contributed by atoms with Crippen LogP contribution >= 0.6 is 0 Å². The highest BCUT2D eigenvalue weighted by molar-refractivity contribution is 6.04. The molecule has 2 aromatic carbocycles. The molecule has 0 bridgehead atoms. The first-order chi connectivity index (χ1) is 29.7. The summed E-state index contributed by atoms with van der Waals surface area (Å²) in [6.45, 7) is 9.79. The van der Waals surface area contributed by atoms with E-state index in [1.54, 1.807) is 63.5 Å². The Morgan fingerprint density at radius 3 is 1.87 bits per heavy atom. The molecule has 0 fully saturated rings. The average Bonchev–Trinajstić information content (AvgIpc) is 4.01. The zero-order chi connectivity index (χ0) is 45.1. The quantitative estimate of drug-likeness (QED) is 0.0314. The summed E-state index contributed by atoms with van der Waals surface area (Å²) in [6.07, 6.45) is 8.10. The lowest BCUT2D eigenvalue weighted by molar-refractivity contribution is 0.0991.